The van der Waals surface area contributed by atoms with Crippen molar-refractivity contribution in [2.24, 2.45) is 10.1 Å². The number of allylic oxidation sites excluding steroid dienone is 3. The van der Waals surface area contributed by atoms with Gasteiger partial charge in [0.15, 0.2) is 0 Å². The summed E-state index contributed by atoms with van der Waals surface area (Å²) in [4.78, 5) is 11.4. The second-order valence-electron chi connectivity index (χ2n) is 8.15. The molecule has 0 unspecified atom stereocenters. The van der Waals surface area contributed by atoms with Gasteiger partial charge in [0.25, 0.3) is 0 Å². The fourth-order valence-electron chi connectivity index (χ4n) is 3.97. The quantitative estimate of drug-likeness (QED) is 0.223. The summed E-state index contributed by atoms with van der Waals surface area (Å²) in [5.41, 5.74) is 3.77. The number of hydrogen-bond donors (Lipinski definition) is 1. The molecule has 2 heterocycles. The smallest absolute Gasteiger partial charge is 0.128 e. The Morgan fingerprint density at radius 1 is 1.14 bits per heavy atom. The van der Waals surface area contributed by atoms with Gasteiger partial charge in [0, 0.05) is 50.6 Å². The van der Waals surface area contributed by atoms with E-state index in [0.717, 1.165) is 41.6 Å². The first-order chi connectivity index (χ1) is 16.9. The molecule has 2 rings (SSSR count). The Bertz CT molecular complexity index is 782. The number of nitrogens with one attached hydrogen (secondary N) is 1. The van der Waals surface area contributed by atoms with Gasteiger partial charge in [-0.3, -0.25) is 10.0 Å². The van der Waals surface area contributed by atoms with Crippen molar-refractivity contribution in [2.45, 2.75) is 93.2 Å². The molecule has 1 aromatic heterocycles. The first-order valence-electron chi connectivity index (χ1n) is 13.5. The molecule has 35 heavy (non-hydrogen) atoms. The predicted molar refractivity (Wildman–Crippen MR) is 158 cm³/mol. The van der Waals surface area contributed by atoms with Crippen molar-refractivity contribution in [3.63, 3.8) is 0 Å². The minimum absolute atomic E-state index is 0.622. The van der Waals surface area contributed by atoms with Gasteiger partial charge in [0.05, 0.1) is 17.6 Å². The van der Waals surface area contributed by atoms with Crippen LogP contribution < -0.4 is 15.2 Å². The zero-order chi connectivity index (χ0) is 26.8. The van der Waals surface area contributed by atoms with Gasteiger partial charge in [0.1, 0.15) is 5.82 Å². The molecule has 198 valence electrons. The van der Waals surface area contributed by atoms with Gasteiger partial charge in [-0.1, -0.05) is 60.3 Å². The topological polar surface area (TPSA) is 56.1 Å². The number of hydrazone groups is 1. The summed E-state index contributed by atoms with van der Waals surface area (Å²) in [5.74, 6) is 1.04. The van der Waals surface area contributed by atoms with E-state index in [4.69, 9.17) is 10.1 Å². The third kappa shape index (κ3) is 10.8. The number of pyridine rings is 1. The van der Waals surface area contributed by atoms with Crippen LogP contribution in [0.15, 0.2) is 52.7 Å². The van der Waals surface area contributed by atoms with Crippen LogP contribution in [0.1, 0.15) is 81.1 Å². The molecule has 1 saturated heterocycles. The highest BCUT2D eigenvalue weighted by Gasteiger charge is 2.21. The highest BCUT2D eigenvalue weighted by molar-refractivity contribution is 6.23. The minimum Gasteiger partial charge on any atom is -0.357 e. The van der Waals surface area contributed by atoms with E-state index in [0.29, 0.717) is 12.1 Å². The Kier molecular flexibility index (Phi) is 17.5. The molecule has 1 aromatic rings. The molecule has 0 atom stereocenters. The van der Waals surface area contributed by atoms with Gasteiger partial charge >= 0.3 is 0 Å². The van der Waals surface area contributed by atoms with Gasteiger partial charge in [-0.25, -0.2) is 4.98 Å². The summed E-state index contributed by atoms with van der Waals surface area (Å²) in [6.45, 7) is 22.4. The zero-order valence-corrected chi connectivity index (χ0v) is 24.2. The number of anilines is 2. The van der Waals surface area contributed by atoms with Crippen molar-refractivity contribution in [3.05, 3.63) is 42.6 Å². The molecule has 0 radical (unpaired) electrons. The lowest BCUT2D eigenvalue weighted by atomic mass is 10.0. The molecule has 1 N–H and O–H groups in total. The Hall–Kier alpha value is -2.47. The SMILES string of the molecule is C=C/C=C(C(C)=NC)/C(C)=N/N(C)c1ccc(N2CCC(NC(CC)CC)CC2)nc1.CC.CC. The van der Waals surface area contributed by atoms with E-state index >= 15 is 0 Å². The summed E-state index contributed by atoms with van der Waals surface area (Å²) in [5, 5.41) is 10.4. The molecule has 6 nitrogen and oxygen atoms in total. The molecule has 0 aliphatic carbocycles. The van der Waals surface area contributed by atoms with Crippen molar-refractivity contribution in [3.8, 4) is 0 Å². The fraction of sp³-hybridized carbons (Fsp3) is 0.621. The molecule has 0 amide bonds. The molecular formula is C29H52N6. The van der Waals surface area contributed by atoms with E-state index in [2.05, 4.69) is 47.8 Å². The maximum absolute atomic E-state index is 4.72. The maximum atomic E-state index is 4.72. The van der Waals surface area contributed by atoms with Crippen LogP contribution in [0.5, 0.6) is 0 Å². The maximum Gasteiger partial charge on any atom is 0.128 e. The van der Waals surface area contributed by atoms with E-state index in [1.165, 1.54) is 25.7 Å². The Morgan fingerprint density at radius 2 is 1.74 bits per heavy atom. The molecular weight excluding hydrogens is 432 g/mol. The van der Waals surface area contributed by atoms with Crippen molar-refractivity contribution < 1.29 is 0 Å². The molecule has 6 heteroatoms. The highest BCUT2D eigenvalue weighted by Crippen LogP contribution is 2.21. The van der Waals surface area contributed by atoms with Gasteiger partial charge in [-0.05, 0) is 51.7 Å². The number of hydrogen-bond acceptors (Lipinski definition) is 6. The molecule has 0 saturated carbocycles. The first-order valence-corrected chi connectivity index (χ1v) is 13.5. The van der Waals surface area contributed by atoms with Crippen molar-refractivity contribution >= 4 is 22.9 Å². The Balaban J connectivity index is 0.00000274. The average Bonchev–Trinajstić information content (AvgIpc) is 2.92. The van der Waals surface area contributed by atoms with Crippen LogP contribution in [0.4, 0.5) is 11.5 Å². The van der Waals surface area contributed by atoms with E-state index in [1.807, 2.05) is 65.9 Å². The second-order valence-corrected chi connectivity index (χ2v) is 8.15. The van der Waals surface area contributed by atoms with E-state index in [9.17, 15) is 0 Å². The molecule has 1 fully saturated rings. The highest BCUT2D eigenvalue weighted by atomic mass is 15.4. The Labute approximate surface area is 216 Å². The number of piperidine rings is 1. The fourth-order valence-corrected chi connectivity index (χ4v) is 3.97. The standard InChI is InChI=1S/C25H40N6.2C2H6/c1-8-11-24(19(4)26-6)20(5)29-30(7)23-12-13-25(27-18-23)31-16-14-22(15-17-31)28-21(9-2)10-3;2*1-2/h8,11-13,18,21-22,28H,1,9-10,14-17H2,2-7H3;2*1-2H3/b24-11+,26-19?,29-20+;;. The summed E-state index contributed by atoms with van der Waals surface area (Å²) in [6, 6.07) is 5.45. The third-order valence-corrected chi connectivity index (χ3v) is 6.08. The lowest BCUT2D eigenvalue weighted by Gasteiger charge is -2.35. The molecule has 0 spiro atoms. The van der Waals surface area contributed by atoms with Crippen LogP contribution in [0.3, 0.4) is 0 Å². The van der Waals surface area contributed by atoms with Crippen LogP contribution in [0, 0.1) is 0 Å². The van der Waals surface area contributed by atoms with Gasteiger partial charge < -0.3 is 10.2 Å². The Morgan fingerprint density at radius 3 is 2.20 bits per heavy atom. The predicted octanol–water partition coefficient (Wildman–Crippen LogP) is 6.90. The van der Waals surface area contributed by atoms with Gasteiger partial charge in [-0.2, -0.15) is 5.10 Å². The summed E-state index contributed by atoms with van der Waals surface area (Å²) < 4.78 is 0. The second kappa shape index (κ2) is 18.8. The number of aliphatic imine (C=N–C) groups is 1. The van der Waals surface area contributed by atoms with Crippen LogP contribution in [-0.4, -0.2) is 55.7 Å². The van der Waals surface area contributed by atoms with Gasteiger partial charge in [-0.15, -0.1) is 0 Å². The van der Waals surface area contributed by atoms with Crippen LogP contribution in [0.2, 0.25) is 0 Å². The minimum atomic E-state index is 0.622. The third-order valence-electron chi connectivity index (χ3n) is 6.08. The molecule has 1 aliphatic rings. The van der Waals surface area contributed by atoms with Crippen molar-refractivity contribution in [2.75, 3.05) is 37.1 Å². The largest absolute Gasteiger partial charge is 0.357 e. The van der Waals surface area contributed by atoms with Crippen LogP contribution >= 0.6 is 0 Å². The van der Waals surface area contributed by atoms with Crippen LogP contribution in [0.25, 0.3) is 0 Å². The summed E-state index contributed by atoms with van der Waals surface area (Å²) in [7, 11) is 3.73. The summed E-state index contributed by atoms with van der Waals surface area (Å²) >= 11 is 0. The average molecular weight is 485 g/mol. The van der Waals surface area contributed by atoms with Crippen molar-refractivity contribution in [1.82, 2.24) is 10.3 Å². The van der Waals surface area contributed by atoms with E-state index in [1.54, 1.807) is 13.1 Å². The van der Waals surface area contributed by atoms with E-state index in [-0.39, 0.29) is 0 Å². The molecule has 1 aliphatic heterocycles. The van der Waals surface area contributed by atoms with E-state index < -0.39 is 0 Å². The van der Waals surface area contributed by atoms with Crippen molar-refractivity contribution in [1.29, 1.82) is 0 Å². The molecule has 0 bridgehead atoms. The number of rotatable bonds is 10. The number of aromatic nitrogens is 1. The lowest BCUT2D eigenvalue weighted by Crippen LogP contribution is -2.46. The van der Waals surface area contributed by atoms with Crippen LogP contribution in [-0.2, 0) is 0 Å². The first kappa shape index (κ1) is 32.5. The van der Waals surface area contributed by atoms with Gasteiger partial charge in [0.2, 0.25) is 0 Å². The molecule has 0 aromatic carbocycles. The zero-order valence-electron chi connectivity index (χ0n) is 24.2. The normalized spacial score (nSPS) is 15.2. The number of nitrogens with zero attached hydrogens (tertiary/aromatic N) is 5. The lowest BCUT2D eigenvalue weighted by molar-refractivity contribution is 0.353. The summed E-state index contributed by atoms with van der Waals surface area (Å²) in [6.07, 6.45) is 10.3. The monoisotopic (exact) mass is 484 g/mol.